The second kappa shape index (κ2) is 4.61. The maximum atomic E-state index is 5.36. The Hall–Kier alpha value is -1.55. The molecule has 0 aliphatic carbocycles. The van der Waals surface area contributed by atoms with E-state index >= 15 is 0 Å². The molecule has 3 heterocycles. The average Bonchev–Trinajstić information content (AvgIpc) is 2.97. The maximum Gasteiger partial charge on any atom is 0.144 e. The molecule has 1 aliphatic rings. The fraction of sp³-hybridized carbons (Fsp3) is 0.500. The third-order valence-corrected chi connectivity index (χ3v) is 3.92. The molecule has 0 bridgehead atoms. The first kappa shape index (κ1) is 11.5. The van der Waals surface area contributed by atoms with Crippen molar-refractivity contribution in [3.63, 3.8) is 0 Å². The van der Waals surface area contributed by atoms with Crippen LogP contribution in [-0.4, -0.2) is 41.0 Å². The van der Waals surface area contributed by atoms with Gasteiger partial charge in [-0.25, -0.2) is 4.98 Å². The third-order valence-electron chi connectivity index (χ3n) is 3.92. The van der Waals surface area contributed by atoms with Crippen LogP contribution in [0.3, 0.4) is 0 Å². The first-order chi connectivity index (χ1) is 8.79. The van der Waals surface area contributed by atoms with Gasteiger partial charge in [0, 0.05) is 18.7 Å². The highest BCUT2D eigenvalue weighted by atomic mass is 16.5. The minimum Gasteiger partial charge on any atom is -0.494 e. The highest BCUT2D eigenvalue weighted by Gasteiger charge is 2.22. The van der Waals surface area contributed by atoms with Crippen LogP contribution >= 0.6 is 0 Å². The topological polar surface area (TPSA) is 29.8 Å². The van der Waals surface area contributed by atoms with E-state index in [1.165, 1.54) is 19.4 Å². The van der Waals surface area contributed by atoms with Crippen LogP contribution in [0, 0.1) is 0 Å². The lowest BCUT2D eigenvalue weighted by Crippen LogP contribution is -2.27. The molecule has 96 valence electrons. The van der Waals surface area contributed by atoms with Crippen LogP contribution in [0.5, 0.6) is 5.75 Å². The van der Waals surface area contributed by atoms with Crippen molar-refractivity contribution in [2.24, 2.45) is 0 Å². The highest BCUT2D eigenvalue weighted by molar-refractivity contribution is 5.59. The molecule has 0 saturated carbocycles. The number of ether oxygens (including phenoxy) is 1. The zero-order valence-corrected chi connectivity index (χ0v) is 11.0. The summed E-state index contributed by atoms with van der Waals surface area (Å²) in [6, 6.07) is 4.61. The first-order valence-corrected chi connectivity index (χ1v) is 6.49. The Morgan fingerprint density at radius 1 is 1.50 bits per heavy atom. The van der Waals surface area contributed by atoms with Crippen LogP contribution in [0.4, 0.5) is 0 Å². The van der Waals surface area contributed by atoms with Gasteiger partial charge < -0.3 is 14.0 Å². The average molecular weight is 245 g/mol. The fourth-order valence-corrected chi connectivity index (χ4v) is 2.82. The lowest BCUT2D eigenvalue weighted by atomic mass is 10.1. The van der Waals surface area contributed by atoms with Gasteiger partial charge in [0.1, 0.15) is 17.1 Å². The smallest absolute Gasteiger partial charge is 0.144 e. The van der Waals surface area contributed by atoms with Gasteiger partial charge in [0.2, 0.25) is 0 Å². The first-order valence-electron chi connectivity index (χ1n) is 6.49. The van der Waals surface area contributed by atoms with Gasteiger partial charge in [-0.3, -0.25) is 0 Å². The van der Waals surface area contributed by atoms with Crippen LogP contribution in [0.2, 0.25) is 0 Å². The van der Waals surface area contributed by atoms with Gasteiger partial charge in [-0.05, 0) is 38.6 Å². The Balaban J connectivity index is 1.93. The summed E-state index contributed by atoms with van der Waals surface area (Å²) < 4.78 is 7.50. The second-order valence-corrected chi connectivity index (χ2v) is 4.99. The molecule has 1 fully saturated rings. The number of hydrogen-bond donors (Lipinski definition) is 0. The standard InChI is InChI=1S/C14H19N3O/c1-16-7-3-5-11(16)9-14-15-10-12-13(18-2)6-4-8-17(12)14/h4,6,8,10-11H,3,5,7,9H2,1-2H3. The SMILES string of the molecule is COc1cccn2c(CC3CCCN3C)ncc12. The number of fused-ring (bicyclic) bond motifs is 1. The highest BCUT2D eigenvalue weighted by Crippen LogP contribution is 2.23. The van der Waals surface area contributed by atoms with E-state index in [4.69, 9.17) is 4.74 Å². The van der Waals surface area contributed by atoms with Gasteiger partial charge in [0.15, 0.2) is 0 Å². The van der Waals surface area contributed by atoms with E-state index in [1.807, 2.05) is 18.3 Å². The molecule has 4 nitrogen and oxygen atoms in total. The lowest BCUT2D eigenvalue weighted by molar-refractivity contribution is 0.305. The largest absolute Gasteiger partial charge is 0.494 e. The number of imidazole rings is 1. The molecular formula is C14H19N3O. The number of methoxy groups -OCH3 is 1. The molecule has 2 aromatic heterocycles. The van der Waals surface area contributed by atoms with Crippen molar-refractivity contribution in [1.29, 1.82) is 0 Å². The van der Waals surface area contributed by atoms with Crippen LogP contribution < -0.4 is 4.74 Å². The molecule has 0 radical (unpaired) electrons. The zero-order chi connectivity index (χ0) is 12.5. The summed E-state index contributed by atoms with van der Waals surface area (Å²) in [5, 5.41) is 0. The quantitative estimate of drug-likeness (QED) is 0.828. The summed E-state index contributed by atoms with van der Waals surface area (Å²) in [6.07, 6.45) is 7.55. The van der Waals surface area contributed by atoms with E-state index in [1.54, 1.807) is 7.11 Å². The number of likely N-dealkylation sites (N-methyl/N-ethyl adjacent to an activating group) is 1. The minimum absolute atomic E-state index is 0.627. The van der Waals surface area contributed by atoms with Crippen molar-refractivity contribution < 1.29 is 4.74 Å². The monoisotopic (exact) mass is 245 g/mol. The van der Waals surface area contributed by atoms with E-state index in [2.05, 4.69) is 27.5 Å². The van der Waals surface area contributed by atoms with Gasteiger partial charge in [0.05, 0.1) is 13.3 Å². The van der Waals surface area contributed by atoms with Crippen molar-refractivity contribution in [3.05, 3.63) is 30.4 Å². The summed E-state index contributed by atoms with van der Waals surface area (Å²) in [7, 11) is 3.90. The summed E-state index contributed by atoms with van der Waals surface area (Å²) in [6.45, 7) is 1.21. The van der Waals surface area contributed by atoms with E-state index in [9.17, 15) is 0 Å². The molecule has 2 aromatic rings. The van der Waals surface area contributed by atoms with Crippen molar-refractivity contribution in [1.82, 2.24) is 14.3 Å². The van der Waals surface area contributed by atoms with Crippen molar-refractivity contribution in [2.75, 3.05) is 20.7 Å². The molecule has 0 spiro atoms. The molecule has 0 amide bonds. The number of likely N-dealkylation sites (tertiary alicyclic amines) is 1. The number of rotatable bonds is 3. The predicted molar refractivity (Wildman–Crippen MR) is 71.1 cm³/mol. The van der Waals surface area contributed by atoms with Crippen molar-refractivity contribution in [2.45, 2.75) is 25.3 Å². The molecule has 0 aromatic carbocycles. The summed E-state index contributed by atoms with van der Waals surface area (Å²) in [5.41, 5.74) is 1.05. The van der Waals surface area contributed by atoms with Crippen molar-refractivity contribution >= 4 is 5.52 Å². The Morgan fingerprint density at radius 3 is 3.11 bits per heavy atom. The van der Waals surface area contributed by atoms with E-state index < -0.39 is 0 Å². The molecule has 0 N–H and O–H groups in total. The molecular weight excluding hydrogens is 226 g/mol. The third kappa shape index (κ3) is 1.86. The summed E-state index contributed by atoms with van der Waals surface area (Å²) in [5.74, 6) is 2.01. The molecule has 1 atom stereocenters. The Bertz CT molecular complexity index is 549. The molecule has 3 rings (SSSR count). The fourth-order valence-electron chi connectivity index (χ4n) is 2.82. The minimum atomic E-state index is 0.627. The van der Waals surface area contributed by atoms with Crippen LogP contribution in [-0.2, 0) is 6.42 Å². The van der Waals surface area contributed by atoms with Gasteiger partial charge in [-0.2, -0.15) is 0 Å². The van der Waals surface area contributed by atoms with Crippen LogP contribution in [0.15, 0.2) is 24.5 Å². The molecule has 1 saturated heterocycles. The number of nitrogens with zero attached hydrogens (tertiary/aromatic N) is 3. The second-order valence-electron chi connectivity index (χ2n) is 4.99. The van der Waals surface area contributed by atoms with Crippen LogP contribution in [0.25, 0.3) is 5.52 Å². The van der Waals surface area contributed by atoms with Gasteiger partial charge >= 0.3 is 0 Å². The molecule has 1 unspecified atom stereocenters. The van der Waals surface area contributed by atoms with Crippen molar-refractivity contribution in [3.8, 4) is 5.75 Å². The number of hydrogen-bond acceptors (Lipinski definition) is 3. The van der Waals surface area contributed by atoms with E-state index in [0.717, 1.165) is 23.5 Å². The zero-order valence-electron chi connectivity index (χ0n) is 11.0. The molecule has 4 heteroatoms. The Kier molecular flexibility index (Phi) is 2.96. The Labute approximate surface area is 107 Å². The summed E-state index contributed by atoms with van der Waals surface area (Å²) in [4.78, 5) is 6.99. The van der Waals surface area contributed by atoms with Gasteiger partial charge in [-0.15, -0.1) is 0 Å². The Morgan fingerprint density at radius 2 is 2.39 bits per heavy atom. The lowest BCUT2D eigenvalue weighted by Gasteiger charge is -2.18. The van der Waals surface area contributed by atoms with Crippen LogP contribution in [0.1, 0.15) is 18.7 Å². The summed E-state index contributed by atoms with van der Waals surface area (Å²) >= 11 is 0. The normalized spacial score (nSPS) is 20.7. The van der Waals surface area contributed by atoms with E-state index in [-0.39, 0.29) is 0 Å². The predicted octanol–water partition coefficient (Wildman–Crippen LogP) is 1.98. The molecule has 1 aliphatic heterocycles. The van der Waals surface area contributed by atoms with Gasteiger partial charge in [-0.1, -0.05) is 0 Å². The molecule has 18 heavy (non-hydrogen) atoms. The maximum absolute atomic E-state index is 5.36. The van der Waals surface area contributed by atoms with Gasteiger partial charge in [0.25, 0.3) is 0 Å². The number of aromatic nitrogens is 2. The van der Waals surface area contributed by atoms with E-state index in [0.29, 0.717) is 6.04 Å². The number of pyridine rings is 1.